The van der Waals surface area contributed by atoms with Crippen LogP contribution >= 0.6 is 0 Å². The highest BCUT2D eigenvalue weighted by Gasteiger charge is 2.19. The van der Waals surface area contributed by atoms with Gasteiger partial charge in [0.25, 0.3) is 0 Å². The Labute approximate surface area is 355 Å². The van der Waals surface area contributed by atoms with Crippen LogP contribution in [0.4, 0.5) is 0 Å². The van der Waals surface area contributed by atoms with Crippen LogP contribution in [-0.2, 0) is 0 Å². The van der Waals surface area contributed by atoms with Crippen molar-refractivity contribution in [3.63, 3.8) is 0 Å². The second kappa shape index (κ2) is 13.6. The molecule has 0 saturated heterocycles. The fourth-order valence-electron chi connectivity index (χ4n) is 9.35. The van der Waals surface area contributed by atoms with Gasteiger partial charge in [-0.1, -0.05) is 140 Å². The number of aromatic nitrogens is 4. The predicted molar refractivity (Wildman–Crippen MR) is 256 cm³/mol. The lowest BCUT2D eigenvalue weighted by Gasteiger charge is -2.11. The van der Waals surface area contributed by atoms with Crippen LogP contribution in [0.3, 0.4) is 0 Å². The summed E-state index contributed by atoms with van der Waals surface area (Å²) in [6.07, 6.45) is 0. The number of nitrogens with zero attached hydrogens (tertiary/aromatic N) is 4. The largest absolute Gasteiger partial charge is 0.456 e. The third-order valence-electron chi connectivity index (χ3n) is 12.4. The van der Waals surface area contributed by atoms with Gasteiger partial charge in [-0.3, -0.25) is 0 Å². The molecule has 13 aromatic rings. The topological polar surface area (TPSA) is 56.7 Å². The molecule has 0 aliphatic carbocycles. The van der Waals surface area contributed by atoms with E-state index in [-0.39, 0.29) is 0 Å². The Kier molecular flexibility index (Phi) is 7.54. The third kappa shape index (κ3) is 5.52. The van der Waals surface area contributed by atoms with Crippen LogP contribution in [0, 0.1) is 0 Å². The van der Waals surface area contributed by atoms with Gasteiger partial charge in [0.05, 0.1) is 11.0 Å². The van der Waals surface area contributed by atoms with E-state index in [0.29, 0.717) is 17.5 Å². The van der Waals surface area contributed by atoms with Crippen molar-refractivity contribution in [2.75, 3.05) is 0 Å². The number of hydrogen-bond acceptors (Lipinski definition) is 4. The van der Waals surface area contributed by atoms with Crippen LogP contribution in [0.5, 0.6) is 0 Å². The second-order valence-corrected chi connectivity index (χ2v) is 16.0. The highest BCUT2D eigenvalue weighted by Crippen LogP contribution is 2.40. The van der Waals surface area contributed by atoms with Gasteiger partial charge < -0.3 is 8.98 Å². The van der Waals surface area contributed by atoms with Gasteiger partial charge in [-0.2, -0.15) is 0 Å². The van der Waals surface area contributed by atoms with Gasteiger partial charge in [0.1, 0.15) is 11.2 Å². The molecule has 3 heterocycles. The van der Waals surface area contributed by atoms with Gasteiger partial charge >= 0.3 is 0 Å². The molecule has 0 amide bonds. The average Bonchev–Trinajstić information content (AvgIpc) is 3.88. The third-order valence-corrected chi connectivity index (χ3v) is 12.4. The molecule has 10 aromatic carbocycles. The van der Waals surface area contributed by atoms with Crippen LogP contribution in [0.25, 0.3) is 127 Å². The van der Waals surface area contributed by atoms with Gasteiger partial charge in [-0.15, -0.1) is 0 Å². The van der Waals surface area contributed by atoms with Gasteiger partial charge in [0, 0.05) is 43.9 Å². The van der Waals surface area contributed by atoms with E-state index in [4.69, 9.17) is 19.4 Å². The number of furan rings is 1. The highest BCUT2D eigenvalue weighted by atomic mass is 16.3. The zero-order valence-corrected chi connectivity index (χ0v) is 33.3. The first-order valence-corrected chi connectivity index (χ1v) is 20.9. The molecular formula is C57H34N4O. The first-order chi connectivity index (χ1) is 30.7. The maximum Gasteiger partial charge on any atom is 0.164 e. The van der Waals surface area contributed by atoms with E-state index in [2.05, 4.69) is 199 Å². The van der Waals surface area contributed by atoms with Crippen LogP contribution in [0.15, 0.2) is 211 Å². The maximum absolute atomic E-state index is 6.59. The molecule has 0 N–H and O–H groups in total. The van der Waals surface area contributed by atoms with E-state index >= 15 is 0 Å². The summed E-state index contributed by atoms with van der Waals surface area (Å²) in [5.74, 6) is 1.83. The molecule has 62 heavy (non-hydrogen) atoms. The molecule has 0 unspecified atom stereocenters. The fourth-order valence-corrected chi connectivity index (χ4v) is 9.35. The maximum atomic E-state index is 6.59. The molecule has 0 spiro atoms. The second-order valence-electron chi connectivity index (χ2n) is 16.0. The summed E-state index contributed by atoms with van der Waals surface area (Å²) in [5, 5.41) is 11.6. The molecule has 3 aromatic heterocycles. The zero-order valence-electron chi connectivity index (χ0n) is 33.3. The van der Waals surface area contributed by atoms with Crippen LogP contribution in [0.2, 0.25) is 0 Å². The molecule has 0 saturated carbocycles. The minimum absolute atomic E-state index is 0.595. The van der Waals surface area contributed by atoms with E-state index in [1.54, 1.807) is 0 Å². The number of para-hydroxylation sites is 1. The number of hydrogen-bond donors (Lipinski definition) is 0. The molecule has 13 rings (SSSR count). The van der Waals surface area contributed by atoms with Crippen molar-refractivity contribution in [3.8, 4) is 51.0 Å². The van der Waals surface area contributed by atoms with Crippen LogP contribution < -0.4 is 0 Å². The lowest BCUT2D eigenvalue weighted by molar-refractivity contribution is 0.669. The number of fused-ring (bicyclic) bond motifs is 10. The van der Waals surface area contributed by atoms with Crippen LogP contribution in [-0.4, -0.2) is 19.5 Å². The highest BCUT2D eigenvalue weighted by molar-refractivity contribution is 6.20. The minimum Gasteiger partial charge on any atom is -0.456 e. The van der Waals surface area contributed by atoms with Crippen molar-refractivity contribution < 1.29 is 4.42 Å². The zero-order chi connectivity index (χ0) is 40.7. The summed E-state index contributed by atoms with van der Waals surface area (Å²) in [4.78, 5) is 15.5. The Morgan fingerprint density at radius 3 is 1.73 bits per heavy atom. The van der Waals surface area contributed by atoms with Gasteiger partial charge in [-0.05, 0) is 110 Å². The Morgan fingerprint density at radius 2 is 0.903 bits per heavy atom. The smallest absolute Gasteiger partial charge is 0.164 e. The van der Waals surface area contributed by atoms with Crippen LogP contribution in [0.1, 0.15) is 0 Å². The molecular weight excluding hydrogens is 757 g/mol. The standard InChI is InChI=1S/C57H34N4O/c1-2-11-35(12-3-1)39-17-10-18-42(29-39)55-58-56(43-22-21-36-13-4-5-14-38(36)30-43)60-57(59-55)44-25-27-52-49(32-44)54-47-34-45(26-23-37(47)24-28-53(54)62-52)61-50-20-9-8-19-46(50)48-31-40-15-6-7-16-41(40)33-51(48)61/h1-34H. The van der Waals surface area contributed by atoms with E-state index in [1.807, 2.05) is 12.1 Å². The van der Waals surface area contributed by atoms with Gasteiger partial charge in [0.15, 0.2) is 17.5 Å². The quantitative estimate of drug-likeness (QED) is 0.174. The van der Waals surface area contributed by atoms with E-state index < -0.39 is 0 Å². The summed E-state index contributed by atoms with van der Waals surface area (Å²) in [5.41, 5.74) is 10.1. The molecule has 0 radical (unpaired) electrons. The normalized spacial score (nSPS) is 11.9. The summed E-state index contributed by atoms with van der Waals surface area (Å²) in [6, 6.07) is 72.9. The fraction of sp³-hybridized carbons (Fsp3) is 0. The molecule has 0 aliphatic rings. The van der Waals surface area contributed by atoms with Crippen molar-refractivity contribution in [1.82, 2.24) is 19.5 Å². The molecule has 5 heteroatoms. The Bertz CT molecular complexity index is 3940. The molecule has 0 aliphatic heterocycles. The summed E-state index contributed by atoms with van der Waals surface area (Å²) >= 11 is 0. The summed E-state index contributed by atoms with van der Waals surface area (Å²) in [7, 11) is 0. The molecule has 0 atom stereocenters. The Morgan fingerprint density at radius 1 is 0.306 bits per heavy atom. The van der Waals surface area contributed by atoms with Gasteiger partial charge in [0.2, 0.25) is 0 Å². The predicted octanol–water partition coefficient (Wildman–Crippen LogP) is 15.0. The van der Waals surface area contributed by atoms with Crippen molar-refractivity contribution >= 4 is 76.1 Å². The van der Waals surface area contributed by atoms with E-state index in [9.17, 15) is 0 Å². The molecule has 288 valence electrons. The summed E-state index contributed by atoms with van der Waals surface area (Å²) in [6.45, 7) is 0. The van der Waals surface area contributed by atoms with E-state index in [0.717, 1.165) is 71.6 Å². The van der Waals surface area contributed by atoms with Gasteiger partial charge in [-0.25, -0.2) is 15.0 Å². The van der Waals surface area contributed by atoms with Crippen molar-refractivity contribution in [3.05, 3.63) is 206 Å². The summed E-state index contributed by atoms with van der Waals surface area (Å²) < 4.78 is 8.99. The molecule has 0 bridgehead atoms. The molecule has 0 fully saturated rings. The number of benzene rings is 10. The monoisotopic (exact) mass is 790 g/mol. The SMILES string of the molecule is c1ccc(-c2cccc(-c3nc(-c4ccc5ccccc5c4)nc(-c4ccc5oc6ccc7ccc(-n8c9ccccc9c9cc%10ccccc%10cc98)cc7c6c5c4)n3)c2)cc1. The minimum atomic E-state index is 0.595. The Hall–Kier alpha value is -8.41. The molecule has 5 nitrogen and oxygen atoms in total. The van der Waals surface area contributed by atoms with E-state index in [1.165, 1.54) is 38.0 Å². The first-order valence-electron chi connectivity index (χ1n) is 20.9. The lowest BCUT2D eigenvalue weighted by Crippen LogP contribution is -2.00. The van der Waals surface area contributed by atoms with Crippen molar-refractivity contribution in [2.45, 2.75) is 0 Å². The lowest BCUT2D eigenvalue weighted by atomic mass is 10.0. The Balaban J connectivity index is 1.01. The first kappa shape index (κ1) is 34.5. The van der Waals surface area contributed by atoms with Crippen molar-refractivity contribution in [1.29, 1.82) is 0 Å². The number of rotatable bonds is 5. The van der Waals surface area contributed by atoms with Crippen molar-refractivity contribution in [2.24, 2.45) is 0 Å². The average molecular weight is 791 g/mol.